The van der Waals surface area contributed by atoms with Crippen molar-refractivity contribution in [2.45, 2.75) is 52.2 Å². The Balaban J connectivity index is 1.74. The molecule has 2 aromatic rings. The number of hydrogen-bond acceptors (Lipinski definition) is 3. The summed E-state index contributed by atoms with van der Waals surface area (Å²) in [6.07, 6.45) is 3.94. The number of benzene rings is 1. The van der Waals surface area contributed by atoms with Crippen LogP contribution in [0.5, 0.6) is 0 Å². The zero-order valence-electron chi connectivity index (χ0n) is 14.4. The van der Waals surface area contributed by atoms with E-state index >= 15 is 0 Å². The van der Waals surface area contributed by atoms with Crippen LogP contribution in [0, 0.1) is 0 Å². The van der Waals surface area contributed by atoms with E-state index in [1.54, 1.807) is 9.47 Å². The van der Waals surface area contributed by atoms with E-state index in [1.807, 2.05) is 31.2 Å². The average molecular weight is 363 g/mol. The third-order valence-electron chi connectivity index (χ3n) is 4.62. The molecule has 7 heteroatoms. The fourth-order valence-electron chi connectivity index (χ4n) is 3.16. The molecule has 0 atom stereocenters. The number of hydrogen-bond donors (Lipinski definition) is 0. The first kappa shape index (κ1) is 17.7. The minimum atomic E-state index is -0.181. The molecule has 6 nitrogen and oxygen atoms in total. The summed E-state index contributed by atoms with van der Waals surface area (Å²) in [5.74, 6) is 0.669. The molecule has 134 valence electrons. The van der Waals surface area contributed by atoms with Crippen molar-refractivity contribution in [3.63, 3.8) is 0 Å². The summed E-state index contributed by atoms with van der Waals surface area (Å²) in [7, 11) is 0. The van der Waals surface area contributed by atoms with Crippen LogP contribution in [0.1, 0.15) is 37.6 Å². The van der Waals surface area contributed by atoms with Gasteiger partial charge in [0, 0.05) is 31.1 Å². The number of fused-ring (bicyclic) bond motifs is 1. The molecule has 1 aromatic heterocycles. The first-order valence-corrected chi connectivity index (χ1v) is 9.15. The van der Waals surface area contributed by atoms with Gasteiger partial charge in [0.05, 0.1) is 0 Å². The molecule has 0 aliphatic carbocycles. The van der Waals surface area contributed by atoms with Crippen LogP contribution in [0.15, 0.2) is 29.1 Å². The Morgan fingerprint density at radius 2 is 2.08 bits per heavy atom. The Labute approximate surface area is 152 Å². The van der Waals surface area contributed by atoms with Gasteiger partial charge >= 0.3 is 5.69 Å². The Hall–Kier alpha value is -2.08. The van der Waals surface area contributed by atoms with Crippen molar-refractivity contribution >= 4 is 17.5 Å². The lowest BCUT2D eigenvalue weighted by molar-refractivity contribution is -0.132. The van der Waals surface area contributed by atoms with Gasteiger partial charge in [-0.05, 0) is 31.4 Å². The van der Waals surface area contributed by atoms with Crippen LogP contribution in [-0.2, 0) is 30.8 Å². The van der Waals surface area contributed by atoms with E-state index in [1.165, 1.54) is 4.68 Å². The van der Waals surface area contributed by atoms with Crippen LogP contribution in [0.3, 0.4) is 0 Å². The summed E-state index contributed by atoms with van der Waals surface area (Å²) >= 11 is 6.19. The van der Waals surface area contributed by atoms with Gasteiger partial charge in [-0.25, -0.2) is 9.48 Å². The van der Waals surface area contributed by atoms with E-state index in [0.29, 0.717) is 24.7 Å². The standard InChI is InChI=1S/C18H23ClN4O2/c1-2-21(12-14-8-5-6-9-15(14)19)17(24)13-23-18(25)22-11-7-3-4-10-16(22)20-23/h5-6,8-9H,2-4,7,10-13H2,1H3. The van der Waals surface area contributed by atoms with Gasteiger partial charge in [-0.2, -0.15) is 5.10 Å². The molecule has 0 spiro atoms. The molecule has 0 N–H and O–H groups in total. The molecule has 1 amide bonds. The highest BCUT2D eigenvalue weighted by Crippen LogP contribution is 2.17. The molecule has 0 bridgehead atoms. The summed E-state index contributed by atoms with van der Waals surface area (Å²) in [6.45, 7) is 3.56. The lowest BCUT2D eigenvalue weighted by Crippen LogP contribution is -2.37. The van der Waals surface area contributed by atoms with E-state index in [0.717, 1.165) is 37.1 Å². The summed E-state index contributed by atoms with van der Waals surface area (Å²) in [5, 5.41) is 5.02. The highest BCUT2D eigenvalue weighted by Gasteiger charge is 2.20. The SMILES string of the molecule is CCN(Cc1ccccc1Cl)C(=O)Cn1nc2n(c1=O)CCCCC2. The van der Waals surface area contributed by atoms with Gasteiger partial charge in [0.15, 0.2) is 0 Å². The number of rotatable bonds is 5. The van der Waals surface area contributed by atoms with Crippen molar-refractivity contribution < 1.29 is 4.79 Å². The van der Waals surface area contributed by atoms with E-state index in [-0.39, 0.29) is 18.1 Å². The minimum Gasteiger partial charge on any atom is -0.337 e. The maximum atomic E-state index is 12.7. The quantitative estimate of drug-likeness (QED) is 0.821. The summed E-state index contributed by atoms with van der Waals surface area (Å²) in [5.41, 5.74) is 0.714. The Morgan fingerprint density at radius 1 is 1.28 bits per heavy atom. The number of halogens is 1. The van der Waals surface area contributed by atoms with Crippen LogP contribution >= 0.6 is 11.6 Å². The average Bonchev–Trinajstić information content (AvgIpc) is 2.78. The summed E-state index contributed by atoms with van der Waals surface area (Å²) in [6, 6.07) is 7.48. The molecule has 1 aliphatic heterocycles. The second kappa shape index (κ2) is 7.87. The first-order chi connectivity index (χ1) is 12.1. The number of amides is 1. The second-order valence-electron chi connectivity index (χ2n) is 6.32. The van der Waals surface area contributed by atoms with Gasteiger partial charge in [-0.3, -0.25) is 9.36 Å². The smallest absolute Gasteiger partial charge is 0.337 e. The van der Waals surface area contributed by atoms with Gasteiger partial charge in [0.2, 0.25) is 5.91 Å². The van der Waals surface area contributed by atoms with Gasteiger partial charge < -0.3 is 4.90 Å². The number of carbonyl (C=O) groups is 1. The summed E-state index contributed by atoms with van der Waals surface area (Å²) < 4.78 is 3.02. The predicted octanol–water partition coefficient (Wildman–Crippen LogP) is 2.47. The normalized spacial score (nSPS) is 14.0. The number of nitrogens with zero attached hydrogens (tertiary/aromatic N) is 4. The molecule has 0 saturated heterocycles. The van der Waals surface area contributed by atoms with E-state index in [2.05, 4.69) is 5.10 Å². The molecule has 3 rings (SSSR count). The summed E-state index contributed by atoms with van der Waals surface area (Å²) in [4.78, 5) is 26.9. The number of aryl methyl sites for hydroxylation is 1. The minimum absolute atomic E-state index is 0.0306. The van der Waals surface area contributed by atoms with Crippen molar-refractivity contribution in [2.75, 3.05) is 6.54 Å². The molecule has 1 aromatic carbocycles. The van der Waals surface area contributed by atoms with Gasteiger partial charge in [0.25, 0.3) is 0 Å². The number of aromatic nitrogens is 3. The molecule has 0 saturated carbocycles. The van der Waals surface area contributed by atoms with Crippen LogP contribution < -0.4 is 5.69 Å². The number of carbonyl (C=O) groups excluding carboxylic acids is 1. The Bertz CT molecular complexity index is 812. The zero-order chi connectivity index (χ0) is 17.8. The van der Waals surface area contributed by atoms with Crippen LogP contribution in [0.2, 0.25) is 5.02 Å². The zero-order valence-corrected chi connectivity index (χ0v) is 15.2. The van der Waals surface area contributed by atoms with Crippen molar-refractivity contribution in [1.82, 2.24) is 19.2 Å². The first-order valence-electron chi connectivity index (χ1n) is 8.78. The van der Waals surface area contributed by atoms with E-state index < -0.39 is 0 Å². The lowest BCUT2D eigenvalue weighted by Gasteiger charge is -2.21. The molecular weight excluding hydrogens is 340 g/mol. The fraction of sp³-hybridized carbons (Fsp3) is 0.500. The highest BCUT2D eigenvalue weighted by atomic mass is 35.5. The van der Waals surface area contributed by atoms with Crippen LogP contribution in [-0.4, -0.2) is 31.7 Å². The van der Waals surface area contributed by atoms with Crippen molar-refractivity contribution in [3.05, 3.63) is 51.2 Å². The molecule has 1 aliphatic rings. The molecule has 0 unspecified atom stereocenters. The van der Waals surface area contributed by atoms with Crippen molar-refractivity contribution in [3.8, 4) is 0 Å². The van der Waals surface area contributed by atoms with Crippen LogP contribution in [0.4, 0.5) is 0 Å². The van der Waals surface area contributed by atoms with E-state index in [9.17, 15) is 9.59 Å². The molecule has 0 radical (unpaired) electrons. The maximum absolute atomic E-state index is 12.7. The lowest BCUT2D eigenvalue weighted by atomic mass is 10.2. The van der Waals surface area contributed by atoms with Gasteiger partial charge in [-0.15, -0.1) is 0 Å². The number of likely N-dealkylation sites (N-methyl/N-ethyl adjacent to an activating group) is 1. The molecule has 2 heterocycles. The monoisotopic (exact) mass is 362 g/mol. The predicted molar refractivity (Wildman–Crippen MR) is 96.6 cm³/mol. The third kappa shape index (κ3) is 3.95. The topological polar surface area (TPSA) is 60.1 Å². The highest BCUT2D eigenvalue weighted by molar-refractivity contribution is 6.31. The maximum Gasteiger partial charge on any atom is 0.346 e. The van der Waals surface area contributed by atoms with Gasteiger partial charge in [0.1, 0.15) is 12.4 Å². The largest absolute Gasteiger partial charge is 0.346 e. The molecular formula is C18H23ClN4O2. The van der Waals surface area contributed by atoms with Crippen molar-refractivity contribution in [1.29, 1.82) is 0 Å². The Morgan fingerprint density at radius 3 is 2.84 bits per heavy atom. The molecule has 25 heavy (non-hydrogen) atoms. The third-order valence-corrected chi connectivity index (χ3v) is 4.99. The van der Waals surface area contributed by atoms with Crippen LogP contribution in [0.25, 0.3) is 0 Å². The fourth-order valence-corrected chi connectivity index (χ4v) is 3.36. The Kier molecular flexibility index (Phi) is 5.58. The molecule has 0 fully saturated rings. The van der Waals surface area contributed by atoms with Crippen molar-refractivity contribution in [2.24, 2.45) is 0 Å². The van der Waals surface area contributed by atoms with Gasteiger partial charge in [-0.1, -0.05) is 36.2 Å². The second-order valence-corrected chi connectivity index (χ2v) is 6.73. The van der Waals surface area contributed by atoms with E-state index in [4.69, 9.17) is 11.6 Å².